The summed E-state index contributed by atoms with van der Waals surface area (Å²) in [6.45, 7) is -0.933. The van der Waals surface area contributed by atoms with Crippen LogP contribution in [0.3, 0.4) is 0 Å². The van der Waals surface area contributed by atoms with Crippen LogP contribution in [0.5, 0.6) is 5.75 Å². The SMILES string of the molecule is Nc1c(N=Nc2ccc(S(=O)(=O)CCOS(=O)(=O)O)cc2)c(S(=O)(=O)O)cc2cc(S(=O)(=O)O)c(N=Nc3cc(Nc4nc(F)cc(F)n4)ccc3S(=O)(=O)O)c(O)c12. The topological polar surface area (TPSA) is 394 Å². The minimum atomic E-state index is -5.45. The normalized spacial score (nSPS) is 13.1. The van der Waals surface area contributed by atoms with E-state index in [-0.39, 0.29) is 16.3 Å². The lowest BCUT2D eigenvalue weighted by Gasteiger charge is -2.14. The number of aromatic hydroxyl groups is 1. The Morgan fingerprint density at radius 3 is 1.76 bits per heavy atom. The molecule has 5 aromatic rings. The number of nitrogens with one attached hydrogen (secondary N) is 1. The van der Waals surface area contributed by atoms with E-state index in [0.717, 1.165) is 36.4 Å². The number of phenolic OH excluding ortho intramolecular Hbond substituents is 1. The summed E-state index contributed by atoms with van der Waals surface area (Å²) in [4.78, 5) is 2.77. The zero-order valence-electron chi connectivity index (χ0n) is 28.5. The number of phenols is 1. The van der Waals surface area contributed by atoms with Crippen LogP contribution < -0.4 is 11.1 Å². The second-order valence-electron chi connectivity index (χ2n) is 11.3. The number of nitrogens with two attached hydrogens (primary N) is 1. The predicted octanol–water partition coefficient (Wildman–Crippen LogP) is 4.10. The zero-order valence-corrected chi connectivity index (χ0v) is 32.6. The Morgan fingerprint density at radius 2 is 1.22 bits per heavy atom. The highest BCUT2D eigenvalue weighted by Gasteiger charge is 2.28. The monoisotopic (exact) mass is 924 g/mol. The van der Waals surface area contributed by atoms with E-state index < -0.39 is 135 Å². The molecule has 4 aromatic carbocycles. The van der Waals surface area contributed by atoms with Gasteiger partial charge in [-0.3, -0.25) is 18.2 Å². The summed E-state index contributed by atoms with van der Waals surface area (Å²) < 4.78 is 190. The lowest BCUT2D eigenvalue weighted by molar-refractivity contribution is 0.284. The van der Waals surface area contributed by atoms with Gasteiger partial charge in [-0.15, -0.1) is 15.3 Å². The Hall–Kier alpha value is -5.77. The molecule has 0 aliphatic rings. The van der Waals surface area contributed by atoms with Crippen LogP contribution in [0, 0.1) is 11.9 Å². The molecule has 24 nitrogen and oxygen atoms in total. The maximum absolute atomic E-state index is 13.6. The first-order valence-corrected chi connectivity index (χ1v) is 22.4. The second-order valence-corrected chi connectivity index (χ2v) is 18.7. The molecule has 0 unspecified atom stereocenters. The van der Waals surface area contributed by atoms with Gasteiger partial charge in [0.2, 0.25) is 17.8 Å². The molecule has 0 aliphatic carbocycles. The highest BCUT2D eigenvalue weighted by atomic mass is 32.3. The van der Waals surface area contributed by atoms with Gasteiger partial charge in [-0.1, -0.05) is 0 Å². The van der Waals surface area contributed by atoms with Gasteiger partial charge in [0.05, 0.1) is 34.0 Å². The lowest BCUT2D eigenvalue weighted by Crippen LogP contribution is -2.15. The number of azo groups is 2. The summed E-state index contributed by atoms with van der Waals surface area (Å²) in [6.07, 6.45) is 0. The third-order valence-corrected chi connectivity index (χ3v) is 12.1. The molecule has 31 heteroatoms. The van der Waals surface area contributed by atoms with Crippen LogP contribution in [0.15, 0.2) is 101 Å². The molecular formula is C28H22F2N8O16S5. The molecule has 59 heavy (non-hydrogen) atoms. The first-order valence-electron chi connectivity index (χ1n) is 15.1. The van der Waals surface area contributed by atoms with Gasteiger partial charge >= 0.3 is 10.4 Å². The number of aromatic nitrogens is 2. The Morgan fingerprint density at radius 1 is 0.678 bits per heavy atom. The van der Waals surface area contributed by atoms with Gasteiger partial charge < -0.3 is 16.2 Å². The van der Waals surface area contributed by atoms with Gasteiger partial charge in [0.1, 0.15) is 31.7 Å². The Bertz CT molecular complexity index is 3150. The van der Waals surface area contributed by atoms with Crippen molar-refractivity contribution in [2.45, 2.75) is 19.6 Å². The van der Waals surface area contributed by atoms with Gasteiger partial charge in [-0.25, -0.2) is 12.6 Å². The van der Waals surface area contributed by atoms with Crippen molar-refractivity contribution >= 4 is 101 Å². The number of benzene rings is 4. The molecule has 0 saturated heterocycles. The smallest absolute Gasteiger partial charge is 0.397 e. The van der Waals surface area contributed by atoms with Crippen molar-refractivity contribution in [1.29, 1.82) is 0 Å². The molecule has 0 aliphatic heterocycles. The molecular weight excluding hydrogens is 903 g/mol. The van der Waals surface area contributed by atoms with Gasteiger partial charge in [0.15, 0.2) is 15.6 Å². The lowest BCUT2D eigenvalue weighted by atomic mass is 10.1. The van der Waals surface area contributed by atoms with Crippen LogP contribution in [-0.4, -0.2) is 87.7 Å². The van der Waals surface area contributed by atoms with Crippen molar-refractivity contribution in [3.63, 3.8) is 0 Å². The first-order chi connectivity index (χ1) is 27.1. The van der Waals surface area contributed by atoms with Crippen molar-refractivity contribution in [2.75, 3.05) is 23.4 Å². The molecule has 1 heterocycles. The summed E-state index contributed by atoms with van der Waals surface area (Å²) >= 11 is 0. The van der Waals surface area contributed by atoms with E-state index in [1.807, 2.05) is 0 Å². The molecule has 0 atom stereocenters. The third kappa shape index (κ3) is 10.7. The quantitative estimate of drug-likeness (QED) is 0.0356. The molecule has 0 amide bonds. The number of sulfone groups is 1. The fraction of sp³-hybridized carbons (Fsp3) is 0.0714. The van der Waals surface area contributed by atoms with Crippen LogP contribution in [0.25, 0.3) is 10.8 Å². The molecule has 8 N–H and O–H groups in total. The number of hydrogen-bond acceptors (Lipinski definition) is 20. The van der Waals surface area contributed by atoms with E-state index in [1.165, 1.54) is 0 Å². The Kier molecular flexibility index (Phi) is 12.1. The van der Waals surface area contributed by atoms with E-state index in [4.69, 9.17) is 10.3 Å². The summed E-state index contributed by atoms with van der Waals surface area (Å²) in [6, 6.07) is 7.88. The number of halogens is 2. The standard InChI is InChI=1S/C28H22F2N8O16S5/c29-21-12-22(30)34-28(33-21)32-15-3-6-18(56(42,43)44)17(11-15)36-38-26-20(58(48,49)50)10-13-9-19(57(45,46)47)25(24(31)23(13)27(26)39)37-35-14-1-4-16(5-2-14)55(40,41)8-7-54-59(51,52)53/h1-6,9-12,39H,7-8,31H2,(H,32,33,34)(H,42,43,44)(H,45,46,47)(H,48,49,50)(H,51,52,53). The van der Waals surface area contributed by atoms with Crippen LogP contribution in [0.1, 0.15) is 0 Å². The third-order valence-electron chi connectivity index (χ3n) is 7.33. The van der Waals surface area contributed by atoms with Gasteiger partial charge in [0, 0.05) is 11.8 Å². The fourth-order valence-corrected chi connectivity index (χ4v) is 8.29. The summed E-state index contributed by atoms with van der Waals surface area (Å²) in [7, 11) is -25.0. The summed E-state index contributed by atoms with van der Waals surface area (Å²) in [5, 5.41) is 26.9. The Balaban J connectivity index is 1.63. The van der Waals surface area contributed by atoms with Crippen LogP contribution in [0.4, 0.5) is 48.9 Å². The van der Waals surface area contributed by atoms with Gasteiger partial charge in [0.25, 0.3) is 30.4 Å². The summed E-state index contributed by atoms with van der Waals surface area (Å²) in [5.74, 6) is -5.46. The fourth-order valence-electron chi connectivity index (χ4n) is 4.87. The molecule has 0 fully saturated rings. The number of rotatable bonds is 14. The maximum atomic E-state index is 13.6. The minimum absolute atomic E-state index is 0.195. The minimum Gasteiger partial charge on any atom is -0.505 e. The van der Waals surface area contributed by atoms with Crippen molar-refractivity contribution in [3.8, 4) is 5.75 Å². The second kappa shape index (κ2) is 16.1. The average molecular weight is 925 g/mol. The molecule has 5 rings (SSSR count). The zero-order chi connectivity index (χ0) is 43.9. The van der Waals surface area contributed by atoms with Gasteiger partial charge in [-0.05, 0) is 60.0 Å². The van der Waals surface area contributed by atoms with Crippen molar-refractivity contribution in [3.05, 3.63) is 72.6 Å². The number of nitrogen functional groups attached to an aromatic ring is 1. The first kappa shape index (κ1) is 44.3. The molecule has 0 spiro atoms. The molecule has 0 saturated carbocycles. The molecule has 1 aromatic heterocycles. The molecule has 314 valence electrons. The van der Waals surface area contributed by atoms with Crippen molar-refractivity contribution in [1.82, 2.24) is 9.97 Å². The van der Waals surface area contributed by atoms with Gasteiger partial charge in [-0.2, -0.15) is 57.5 Å². The highest BCUT2D eigenvalue weighted by molar-refractivity contribution is 7.91. The number of anilines is 3. The van der Waals surface area contributed by atoms with Crippen molar-refractivity contribution in [2.24, 2.45) is 20.5 Å². The average Bonchev–Trinajstić information content (AvgIpc) is 3.08. The highest BCUT2D eigenvalue weighted by Crippen LogP contribution is 2.48. The van der Waals surface area contributed by atoms with E-state index in [9.17, 15) is 69.6 Å². The Labute approximate surface area is 330 Å². The predicted molar refractivity (Wildman–Crippen MR) is 195 cm³/mol. The number of fused-ring (bicyclic) bond motifs is 1. The van der Waals surface area contributed by atoms with Crippen LogP contribution in [0.2, 0.25) is 0 Å². The van der Waals surface area contributed by atoms with Crippen LogP contribution >= 0.6 is 0 Å². The van der Waals surface area contributed by atoms with E-state index in [1.54, 1.807) is 0 Å². The largest absolute Gasteiger partial charge is 0.505 e. The van der Waals surface area contributed by atoms with Crippen LogP contribution in [-0.2, 0) is 54.8 Å². The molecule has 0 bridgehead atoms. The number of hydrogen-bond donors (Lipinski definition) is 7. The molecule has 0 radical (unpaired) electrons. The number of nitrogens with zero attached hydrogens (tertiary/aromatic N) is 6. The van der Waals surface area contributed by atoms with E-state index in [0.29, 0.717) is 24.3 Å². The maximum Gasteiger partial charge on any atom is 0.397 e. The van der Waals surface area contributed by atoms with E-state index >= 15 is 0 Å². The van der Waals surface area contributed by atoms with Crippen molar-refractivity contribution < 1.29 is 78.4 Å². The summed E-state index contributed by atoms with van der Waals surface area (Å²) in [5.41, 5.74) is 1.97. The van der Waals surface area contributed by atoms with E-state index in [2.05, 4.69) is 39.9 Å².